The summed E-state index contributed by atoms with van der Waals surface area (Å²) < 4.78 is 0. The van der Waals surface area contributed by atoms with E-state index >= 15 is 0 Å². The van der Waals surface area contributed by atoms with Crippen LogP contribution < -0.4 is 24.8 Å². The fraction of sp³-hybridized carbons (Fsp3) is 0.350. The average Bonchev–Trinajstić information content (AvgIpc) is 3.64. The summed E-state index contributed by atoms with van der Waals surface area (Å²) in [5, 5.41) is 5.39. The van der Waals surface area contributed by atoms with Crippen LogP contribution in [-0.2, 0) is 46.7 Å². The van der Waals surface area contributed by atoms with Crippen LogP contribution in [0.4, 0.5) is 0 Å². The monoisotopic (exact) mass is 838 g/mol. The van der Waals surface area contributed by atoms with Gasteiger partial charge in [-0.25, -0.2) is 22.3 Å². The Balaban J connectivity index is 0. The van der Waals surface area contributed by atoms with Gasteiger partial charge in [0.05, 0.1) is 0 Å². The third-order valence-electron chi connectivity index (χ3n) is 6.60. The van der Waals surface area contributed by atoms with Crippen molar-refractivity contribution in [2.45, 2.75) is 81.6 Å². The summed E-state index contributed by atoms with van der Waals surface area (Å²) in [6.07, 6.45) is 11.0. The molecule has 0 radical (unpaired) electrons. The van der Waals surface area contributed by atoms with E-state index in [1.54, 1.807) is 46.7 Å². The van der Waals surface area contributed by atoms with Crippen LogP contribution in [0.5, 0.6) is 0 Å². The van der Waals surface area contributed by atoms with Crippen molar-refractivity contribution in [3.63, 3.8) is 0 Å². The van der Waals surface area contributed by atoms with E-state index in [-0.39, 0.29) is 35.7 Å². The molecule has 0 spiro atoms. The number of benzene rings is 2. The molecule has 0 fully saturated rings. The first-order chi connectivity index (χ1) is 20.6. The van der Waals surface area contributed by atoms with Crippen LogP contribution >= 0.6 is 0 Å². The summed E-state index contributed by atoms with van der Waals surface area (Å²) in [7, 11) is 0. The zero-order valence-corrected chi connectivity index (χ0v) is 38.4. The van der Waals surface area contributed by atoms with Crippen molar-refractivity contribution < 1.29 is 71.5 Å². The molecule has 6 heteroatoms. The molecule has 2 unspecified atom stereocenters. The third-order valence-corrected chi connectivity index (χ3v) is 6.60. The van der Waals surface area contributed by atoms with Crippen LogP contribution in [-0.4, -0.2) is 10.9 Å². The van der Waals surface area contributed by atoms with Gasteiger partial charge < -0.3 is 24.8 Å². The Labute approximate surface area is 324 Å². The first kappa shape index (κ1) is 47.5. The zero-order valence-electron chi connectivity index (χ0n) is 30.0. The van der Waals surface area contributed by atoms with E-state index in [0.717, 1.165) is 0 Å². The topological polar surface area (TPSA) is 0 Å². The van der Waals surface area contributed by atoms with Crippen molar-refractivity contribution in [1.82, 2.24) is 0 Å². The van der Waals surface area contributed by atoms with Crippen molar-refractivity contribution in [2.75, 3.05) is 0 Å². The van der Waals surface area contributed by atoms with Gasteiger partial charge in [0.2, 0.25) is 0 Å². The molecule has 0 saturated heterocycles. The molecule has 0 amide bonds. The molecule has 2 atom stereocenters. The van der Waals surface area contributed by atoms with E-state index < -0.39 is 0 Å². The molecule has 244 valence electrons. The Kier molecular flexibility index (Phi) is 26.2. The summed E-state index contributed by atoms with van der Waals surface area (Å²) in [6, 6.07) is 25.7. The molecule has 0 N–H and O–H groups in total. The summed E-state index contributed by atoms with van der Waals surface area (Å²) in [5.74, 6) is 1.10. The number of fused-ring (bicyclic) bond motifs is 2. The van der Waals surface area contributed by atoms with Crippen LogP contribution in [0, 0.1) is 37.8 Å². The van der Waals surface area contributed by atoms with E-state index in [0.29, 0.717) is 11.8 Å². The van der Waals surface area contributed by atoms with Crippen molar-refractivity contribution in [3.05, 3.63) is 131 Å². The van der Waals surface area contributed by atoms with Crippen molar-refractivity contribution in [2.24, 2.45) is 11.8 Å². The number of hydrogen-bond donors (Lipinski definition) is 0. The predicted molar refractivity (Wildman–Crippen MR) is 194 cm³/mol. The number of halogens is 2. The summed E-state index contributed by atoms with van der Waals surface area (Å²) >= 11 is 3.48. The molecule has 0 nitrogen and oxygen atoms in total. The Bertz CT molecular complexity index is 1400. The molecule has 0 aromatic heterocycles. The molecule has 0 heterocycles. The minimum Gasteiger partial charge on any atom is -1.00 e. The minimum atomic E-state index is 0. The van der Waals surface area contributed by atoms with E-state index in [9.17, 15) is 0 Å². The number of allylic oxidation sites excluding steroid dienone is 8. The Morgan fingerprint density at radius 2 is 0.848 bits per heavy atom. The molecular weight excluding hydrogens is 790 g/mol. The van der Waals surface area contributed by atoms with Gasteiger partial charge in [-0.05, 0) is 0 Å². The largest absolute Gasteiger partial charge is 1.00 e. The van der Waals surface area contributed by atoms with Gasteiger partial charge in [0, 0.05) is 0 Å². The maximum absolute atomic E-state index is 3.29. The Hall–Kier alpha value is -0.600. The van der Waals surface area contributed by atoms with Gasteiger partial charge in [-0.3, -0.25) is 12.2 Å². The van der Waals surface area contributed by atoms with Gasteiger partial charge in [-0.2, -0.15) is 24.3 Å². The molecular formula is C40H52Cl2Si2Zr2-2. The molecule has 6 rings (SSSR count). The van der Waals surface area contributed by atoms with Gasteiger partial charge in [0.15, 0.2) is 0 Å². The standard InChI is InChI=1S/2C10H9.2C8H11.2C2H6Si.2ClH.2Zr/c2*1-8-6-9-4-2-3-5-10(9)7-8;2*1-6-4-7(2)8(3)5-6;2*1-3-2;;;;/h2*2-7H,1H3;2*4,6H,1-3H3;2*1-2H3;2*1H;;/q4*-1;;;;;2*+2/p-2. The van der Waals surface area contributed by atoms with E-state index in [4.69, 9.17) is 0 Å². The first-order valence-corrected chi connectivity index (χ1v) is 27.8. The van der Waals surface area contributed by atoms with E-state index in [1.807, 2.05) is 0 Å². The molecule has 0 saturated carbocycles. The maximum atomic E-state index is 3.29. The number of hydrogen-bond acceptors (Lipinski definition) is 0. The number of rotatable bonds is 0. The maximum Gasteiger partial charge on any atom is -0.0579 e. The van der Waals surface area contributed by atoms with Crippen LogP contribution in [0.3, 0.4) is 0 Å². The Morgan fingerprint density at radius 1 is 0.565 bits per heavy atom. The Morgan fingerprint density at radius 3 is 1.04 bits per heavy atom. The quantitative estimate of drug-likeness (QED) is 0.151. The minimum absolute atomic E-state index is 0. The second-order valence-electron chi connectivity index (χ2n) is 12.1. The van der Waals surface area contributed by atoms with Gasteiger partial charge >= 0.3 is 83.7 Å². The van der Waals surface area contributed by atoms with Gasteiger partial charge in [-0.15, -0.1) is 95.1 Å². The van der Waals surface area contributed by atoms with Crippen LogP contribution in [0.1, 0.15) is 52.7 Å². The molecule has 4 aromatic carbocycles. The summed E-state index contributed by atoms with van der Waals surface area (Å²) in [4.78, 5) is 0. The zero-order chi connectivity index (χ0) is 33.4. The van der Waals surface area contributed by atoms with Crippen molar-refractivity contribution in [1.29, 1.82) is 0 Å². The third kappa shape index (κ3) is 20.7. The van der Waals surface area contributed by atoms with E-state index in [1.165, 1.54) is 55.0 Å². The van der Waals surface area contributed by atoms with Gasteiger partial charge in [0.1, 0.15) is 0 Å². The molecule has 0 bridgehead atoms. The summed E-state index contributed by atoms with van der Waals surface area (Å²) in [6.45, 7) is 26.3. The van der Waals surface area contributed by atoms with Crippen LogP contribution in [0.15, 0.2) is 107 Å². The van der Waals surface area contributed by atoms with E-state index in [2.05, 4.69) is 179 Å². The molecule has 2 aliphatic rings. The van der Waals surface area contributed by atoms with Gasteiger partial charge in [0.25, 0.3) is 0 Å². The smallest absolute Gasteiger partial charge is 0.0579 e. The van der Waals surface area contributed by atoms with Gasteiger partial charge in [-0.1, -0.05) is 65.5 Å². The fourth-order valence-corrected chi connectivity index (χ4v) is 4.61. The molecule has 4 aromatic rings. The molecule has 0 aliphatic heterocycles. The van der Waals surface area contributed by atoms with Crippen molar-refractivity contribution >= 4 is 32.4 Å². The number of aryl methyl sites for hydroxylation is 2. The second-order valence-corrected chi connectivity index (χ2v) is 30.9. The normalized spacial score (nSPS) is 15.4. The molecule has 46 heavy (non-hydrogen) atoms. The van der Waals surface area contributed by atoms with Crippen LogP contribution in [0.2, 0.25) is 26.2 Å². The second kappa shape index (κ2) is 25.4. The summed E-state index contributed by atoms with van der Waals surface area (Å²) in [5.41, 5.74) is 8.52. The average molecular weight is 842 g/mol. The first-order valence-electron chi connectivity index (χ1n) is 15.4. The molecule has 2 aliphatic carbocycles. The fourth-order valence-electron chi connectivity index (χ4n) is 4.61. The SMILES string of the molecule is CC1=[C-]C(C)C=C1C.CC1=[C-]C(C)C=C1C.C[Si](C)=[Zr+2].C[Si](C)=[Zr+2].Cc1cc2ccccc2[cH-]1.Cc1cc2ccccc2[cH-]1.[Cl-].[Cl-]. The van der Waals surface area contributed by atoms with Crippen LogP contribution in [0.25, 0.3) is 21.5 Å². The predicted octanol–water partition coefficient (Wildman–Crippen LogP) is 5.97. The van der Waals surface area contributed by atoms with Crippen molar-refractivity contribution in [3.8, 4) is 0 Å².